The summed E-state index contributed by atoms with van der Waals surface area (Å²) in [5, 5.41) is 8.71. The van der Waals surface area contributed by atoms with Gasteiger partial charge >= 0.3 is 0 Å². The highest BCUT2D eigenvalue weighted by molar-refractivity contribution is 5.29. The fraction of sp³-hybridized carbons (Fsp3) is 0.364. The van der Waals surface area contributed by atoms with Crippen LogP contribution in [0.5, 0.6) is 5.75 Å². The largest absolute Gasteiger partial charge is 0.497 e. The zero-order valence-electron chi connectivity index (χ0n) is 8.53. The second kappa shape index (κ2) is 4.76. The van der Waals surface area contributed by atoms with E-state index in [1.54, 1.807) is 37.4 Å². The van der Waals surface area contributed by atoms with Crippen molar-refractivity contribution in [2.75, 3.05) is 13.8 Å². The molecule has 0 aliphatic heterocycles. The predicted octanol–water partition coefficient (Wildman–Crippen LogP) is 1.43. The number of hydrogen-bond acceptors (Lipinski definition) is 3. The molecule has 15 heavy (non-hydrogen) atoms. The van der Waals surface area contributed by atoms with Crippen molar-refractivity contribution in [1.29, 1.82) is 5.26 Å². The lowest BCUT2D eigenvalue weighted by Crippen LogP contribution is -2.42. The van der Waals surface area contributed by atoms with Gasteiger partial charge in [-0.3, -0.25) is 0 Å². The van der Waals surface area contributed by atoms with Gasteiger partial charge in [0, 0.05) is 6.42 Å². The maximum absolute atomic E-state index is 12.5. The van der Waals surface area contributed by atoms with Crippen LogP contribution in [0.2, 0.25) is 0 Å². The number of hydrogen-bond donors (Lipinski definition) is 1. The number of nitrogens with two attached hydrogens (primary N) is 1. The van der Waals surface area contributed by atoms with E-state index in [0.717, 1.165) is 11.3 Å². The summed E-state index contributed by atoms with van der Waals surface area (Å²) in [4.78, 5) is 0. The van der Waals surface area contributed by atoms with Crippen molar-refractivity contribution in [2.24, 2.45) is 5.73 Å². The van der Waals surface area contributed by atoms with Gasteiger partial charge in [-0.05, 0) is 17.7 Å². The van der Waals surface area contributed by atoms with Crippen LogP contribution in [0.3, 0.4) is 0 Å². The minimum Gasteiger partial charge on any atom is -0.497 e. The van der Waals surface area contributed by atoms with Crippen molar-refractivity contribution in [3.05, 3.63) is 29.8 Å². The normalized spacial score (nSPS) is 14.0. The Hall–Kier alpha value is -1.60. The van der Waals surface area contributed by atoms with E-state index in [2.05, 4.69) is 0 Å². The van der Waals surface area contributed by atoms with Crippen LogP contribution in [0.1, 0.15) is 5.56 Å². The zero-order chi connectivity index (χ0) is 11.3. The van der Waals surface area contributed by atoms with Crippen LogP contribution in [0, 0.1) is 11.3 Å². The summed E-state index contributed by atoms with van der Waals surface area (Å²) in [7, 11) is 1.57. The third kappa shape index (κ3) is 2.93. The molecule has 0 spiro atoms. The van der Waals surface area contributed by atoms with E-state index in [0.29, 0.717) is 0 Å². The average molecular weight is 208 g/mol. The van der Waals surface area contributed by atoms with Gasteiger partial charge in [0.2, 0.25) is 0 Å². The molecule has 0 bridgehead atoms. The number of ether oxygens (including phenoxy) is 1. The number of benzene rings is 1. The smallest absolute Gasteiger partial charge is 0.136 e. The molecule has 1 unspecified atom stereocenters. The Labute approximate surface area is 88.3 Å². The maximum Gasteiger partial charge on any atom is 0.136 e. The molecule has 1 atom stereocenters. The standard InChI is InChI=1S/C11H13FN2O/c1-15-10-4-2-9(3-5-10)6-11(14,7-12)8-13/h2-5H,6-7,14H2,1H3. The highest BCUT2D eigenvalue weighted by Gasteiger charge is 2.24. The molecule has 0 aromatic heterocycles. The quantitative estimate of drug-likeness (QED) is 0.814. The third-order valence-corrected chi connectivity index (χ3v) is 2.14. The van der Waals surface area contributed by atoms with Gasteiger partial charge in [0.25, 0.3) is 0 Å². The lowest BCUT2D eigenvalue weighted by atomic mass is 9.95. The van der Waals surface area contributed by atoms with Gasteiger partial charge in [0.15, 0.2) is 0 Å². The van der Waals surface area contributed by atoms with Crippen LogP contribution >= 0.6 is 0 Å². The molecule has 2 N–H and O–H groups in total. The Kier molecular flexibility index (Phi) is 3.64. The van der Waals surface area contributed by atoms with Gasteiger partial charge in [-0.25, -0.2) is 4.39 Å². The van der Waals surface area contributed by atoms with E-state index in [1.807, 2.05) is 0 Å². The molecule has 0 fully saturated rings. The Morgan fingerprint density at radius 1 is 1.47 bits per heavy atom. The minimum absolute atomic E-state index is 0.198. The first-order valence-electron chi connectivity index (χ1n) is 4.52. The van der Waals surface area contributed by atoms with Crippen LogP contribution in [0.25, 0.3) is 0 Å². The number of nitriles is 1. The molecular weight excluding hydrogens is 195 g/mol. The molecule has 0 saturated carbocycles. The van der Waals surface area contributed by atoms with Crippen molar-refractivity contribution in [3.8, 4) is 11.8 Å². The molecule has 0 radical (unpaired) electrons. The van der Waals surface area contributed by atoms with Gasteiger partial charge in [-0.15, -0.1) is 0 Å². The first kappa shape index (κ1) is 11.5. The van der Waals surface area contributed by atoms with Gasteiger partial charge in [-0.2, -0.15) is 5.26 Å². The molecule has 3 nitrogen and oxygen atoms in total. The van der Waals surface area contributed by atoms with Gasteiger partial charge < -0.3 is 10.5 Å². The SMILES string of the molecule is COc1ccc(CC(N)(C#N)CF)cc1. The molecule has 80 valence electrons. The Morgan fingerprint density at radius 2 is 2.07 bits per heavy atom. The van der Waals surface area contributed by atoms with Crippen LogP contribution in [0.4, 0.5) is 4.39 Å². The van der Waals surface area contributed by atoms with E-state index < -0.39 is 12.2 Å². The van der Waals surface area contributed by atoms with Gasteiger partial charge in [0.1, 0.15) is 18.0 Å². The summed E-state index contributed by atoms with van der Waals surface area (Å²) in [5.41, 5.74) is 4.93. The highest BCUT2D eigenvalue weighted by atomic mass is 19.1. The van der Waals surface area contributed by atoms with Crippen molar-refractivity contribution >= 4 is 0 Å². The molecule has 1 aromatic carbocycles. The van der Waals surface area contributed by atoms with Gasteiger partial charge in [0.05, 0.1) is 13.2 Å². The van der Waals surface area contributed by atoms with Crippen molar-refractivity contribution in [3.63, 3.8) is 0 Å². The summed E-state index contributed by atoms with van der Waals surface area (Å²) < 4.78 is 17.5. The van der Waals surface area contributed by atoms with E-state index in [-0.39, 0.29) is 6.42 Å². The first-order valence-corrected chi connectivity index (χ1v) is 4.52. The van der Waals surface area contributed by atoms with Gasteiger partial charge in [-0.1, -0.05) is 12.1 Å². The van der Waals surface area contributed by atoms with E-state index >= 15 is 0 Å². The number of alkyl halides is 1. The van der Waals surface area contributed by atoms with Crippen LogP contribution < -0.4 is 10.5 Å². The number of methoxy groups -OCH3 is 1. The number of rotatable bonds is 4. The van der Waals surface area contributed by atoms with E-state index in [1.165, 1.54) is 0 Å². The zero-order valence-corrected chi connectivity index (χ0v) is 8.53. The molecule has 0 heterocycles. The van der Waals surface area contributed by atoms with E-state index in [9.17, 15) is 4.39 Å². The molecular formula is C11H13FN2O. The molecule has 4 heteroatoms. The van der Waals surface area contributed by atoms with Crippen molar-refractivity contribution in [2.45, 2.75) is 12.0 Å². The summed E-state index contributed by atoms with van der Waals surface area (Å²) >= 11 is 0. The monoisotopic (exact) mass is 208 g/mol. The summed E-state index contributed by atoms with van der Waals surface area (Å²) in [6, 6.07) is 8.83. The lowest BCUT2D eigenvalue weighted by molar-refractivity contribution is 0.366. The topological polar surface area (TPSA) is 59.0 Å². The van der Waals surface area contributed by atoms with Crippen LogP contribution in [-0.2, 0) is 6.42 Å². The third-order valence-electron chi connectivity index (χ3n) is 2.14. The Bertz CT molecular complexity index is 358. The summed E-state index contributed by atoms with van der Waals surface area (Å²) in [6.45, 7) is -0.852. The first-order chi connectivity index (χ1) is 7.13. The Balaban J connectivity index is 2.77. The second-order valence-electron chi connectivity index (χ2n) is 3.43. The molecule has 0 aliphatic rings. The molecule has 0 amide bonds. The predicted molar refractivity (Wildman–Crippen MR) is 55.2 cm³/mol. The Morgan fingerprint density at radius 3 is 2.47 bits per heavy atom. The van der Waals surface area contributed by atoms with Crippen LogP contribution in [0.15, 0.2) is 24.3 Å². The number of halogens is 1. The molecule has 1 rings (SSSR count). The molecule has 0 aliphatic carbocycles. The average Bonchev–Trinajstić information content (AvgIpc) is 2.30. The molecule has 1 aromatic rings. The molecule has 0 saturated heterocycles. The summed E-state index contributed by atoms with van der Waals surface area (Å²) in [5.74, 6) is 0.721. The van der Waals surface area contributed by atoms with Crippen molar-refractivity contribution in [1.82, 2.24) is 0 Å². The second-order valence-corrected chi connectivity index (χ2v) is 3.43. The highest BCUT2D eigenvalue weighted by Crippen LogP contribution is 2.15. The number of nitrogens with zero attached hydrogens (tertiary/aromatic N) is 1. The summed E-state index contributed by atoms with van der Waals surface area (Å²) in [6.07, 6.45) is 0.198. The fourth-order valence-electron chi connectivity index (χ4n) is 1.22. The van der Waals surface area contributed by atoms with Crippen molar-refractivity contribution < 1.29 is 9.13 Å². The van der Waals surface area contributed by atoms with E-state index in [4.69, 9.17) is 15.7 Å². The maximum atomic E-state index is 12.5. The lowest BCUT2D eigenvalue weighted by Gasteiger charge is -2.17. The fourth-order valence-corrected chi connectivity index (χ4v) is 1.22. The minimum atomic E-state index is -1.42. The van der Waals surface area contributed by atoms with Crippen LogP contribution in [-0.4, -0.2) is 19.3 Å².